The van der Waals surface area contributed by atoms with Gasteiger partial charge in [-0.1, -0.05) is 12.1 Å². The standard InChI is InChI=1S/C24H19FN6O5/c25-16-5-7-17(8-6-16)29-13-15(11-22(29)33)24-27-19-3-1-2-4-20(19)30(24)14-21(32)28-26-12-18-9-10-23(36-18)31(34)35/h1-10,12,15H,11,13-14H2,(H,28,32). The van der Waals surface area contributed by atoms with Gasteiger partial charge in [0.05, 0.1) is 23.3 Å². The summed E-state index contributed by atoms with van der Waals surface area (Å²) in [6.07, 6.45) is 1.35. The second kappa shape index (κ2) is 9.41. The minimum absolute atomic E-state index is 0.112. The van der Waals surface area contributed by atoms with Crippen LogP contribution in [0.3, 0.4) is 0 Å². The Kier molecular flexibility index (Phi) is 5.98. The van der Waals surface area contributed by atoms with Crippen molar-refractivity contribution in [3.63, 3.8) is 0 Å². The highest BCUT2D eigenvalue weighted by Gasteiger charge is 2.35. The zero-order chi connectivity index (χ0) is 25.2. The zero-order valence-corrected chi connectivity index (χ0v) is 18.7. The predicted octanol–water partition coefficient (Wildman–Crippen LogP) is 3.35. The van der Waals surface area contributed by atoms with Gasteiger partial charge in [-0.2, -0.15) is 5.10 Å². The lowest BCUT2D eigenvalue weighted by atomic mass is 10.1. The van der Waals surface area contributed by atoms with E-state index in [9.17, 15) is 24.1 Å². The summed E-state index contributed by atoms with van der Waals surface area (Å²) in [5.74, 6) is -0.991. The van der Waals surface area contributed by atoms with Gasteiger partial charge in [0.25, 0.3) is 5.91 Å². The Morgan fingerprint density at radius 3 is 2.75 bits per heavy atom. The molecule has 0 saturated carbocycles. The lowest BCUT2D eigenvalue weighted by Crippen LogP contribution is -2.26. The molecular formula is C24H19FN6O5. The van der Waals surface area contributed by atoms with Crippen LogP contribution in [0, 0.1) is 15.9 Å². The molecule has 3 heterocycles. The number of imidazole rings is 1. The van der Waals surface area contributed by atoms with Gasteiger partial charge in [0.15, 0.2) is 5.76 Å². The van der Waals surface area contributed by atoms with E-state index in [-0.39, 0.29) is 36.4 Å². The van der Waals surface area contributed by atoms with E-state index in [0.29, 0.717) is 23.6 Å². The molecule has 2 amide bonds. The van der Waals surface area contributed by atoms with E-state index in [1.54, 1.807) is 21.6 Å². The number of hydrazone groups is 1. The van der Waals surface area contributed by atoms with Crippen LogP contribution < -0.4 is 10.3 Å². The Morgan fingerprint density at radius 1 is 1.22 bits per heavy atom. The van der Waals surface area contributed by atoms with Gasteiger partial charge in [0.1, 0.15) is 23.1 Å². The number of halogens is 1. The maximum Gasteiger partial charge on any atom is 0.433 e. The molecule has 1 N–H and O–H groups in total. The van der Waals surface area contributed by atoms with Crippen LogP contribution in [-0.2, 0) is 16.1 Å². The van der Waals surface area contributed by atoms with Crippen molar-refractivity contribution in [1.29, 1.82) is 0 Å². The molecule has 1 aliphatic heterocycles. The van der Waals surface area contributed by atoms with E-state index in [2.05, 4.69) is 10.5 Å². The lowest BCUT2D eigenvalue weighted by Gasteiger charge is -2.17. The van der Waals surface area contributed by atoms with Crippen LogP contribution >= 0.6 is 0 Å². The van der Waals surface area contributed by atoms with Crippen molar-refractivity contribution in [3.05, 3.63) is 88.2 Å². The first-order valence-corrected chi connectivity index (χ1v) is 11.0. The molecule has 2 aromatic heterocycles. The van der Waals surface area contributed by atoms with Crippen LogP contribution in [0.15, 0.2) is 70.2 Å². The van der Waals surface area contributed by atoms with E-state index in [0.717, 1.165) is 11.7 Å². The number of carbonyl (C=O) groups excluding carboxylic acids is 2. The van der Waals surface area contributed by atoms with Crippen molar-refractivity contribution in [2.24, 2.45) is 5.10 Å². The van der Waals surface area contributed by atoms with E-state index in [1.165, 1.54) is 24.3 Å². The first kappa shape index (κ1) is 22.9. The van der Waals surface area contributed by atoms with Crippen molar-refractivity contribution in [1.82, 2.24) is 15.0 Å². The summed E-state index contributed by atoms with van der Waals surface area (Å²) in [6.45, 7) is 0.220. The van der Waals surface area contributed by atoms with E-state index in [4.69, 9.17) is 9.40 Å². The van der Waals surface area contributed by atoms with Gasteiger partial charge in [-0.3, -0.25) is 19.7 Å². The molecule has 1 atom stereocenters. The molecule has 0 bridgehead atoms. The van der Waals surface area contributed by atoms with Crippen LogP contribution in [0.5, 0.6) is 0 Å². The SMILES string of the molecule is O=C(Cn1c(C2CC(=O)N(c3ccc(F)cc3)C2)nc2ccccc21)NN=Cc1ccc([N+](=O)[O-])o1. The molecule has 1 aliphatic rings. The third kappa shape index (κ3) is 4.56. The largest absolute Gasteiger partial charge is 0.433 e. The van der Waals surface area contributed by atoms with Gasteiger partial charge in [-0.25, -0.2) is 14.8 Å². The molecule has 1 unspecified atom stereocenters. The number of anilines is 1. The number of amides is 2. The summed E-state index contributed by atoms with van der Waals surface area (Å²) in [4.78, 5) is 41.8. The quantitative estimate of drug-likeness (QED) is 0.240. The van der Waals surface area contributed by atoms with Crippen molar-refractivity contribution in [2.45, 2.75) is 18.9 Å². The Hall–Kier alpha value is -4.87. The molecule has 0 spiro atoms. The highest BCUT2D eigenvalue weighted by atomic mass is 19.1. The summed E-state index contributed by atoms with van der Waals surface area (Å²) in [5.41, 5.74) is 4.38. The van der Waals surface area contributed by atoms with Crippen LogP contribution in [0.1, 0.15) is 23.9 Å². The summed E-state index contributed by atoms with van der Waals surface area (Å²) in [6, 6.07) is 15.6. The number of hydrogen-bond donors (Lipinski definition) is 1. The molecule has 0 radical (unpaired) electrons. The molecular weight excluding hydrogens is 471 g/mol. The topological polar surface area (TPSA) is 136 Å². The average Bonchev–Trinajstić information content (AvgIpc) is 3.57. The third-order valence-corrected chi connectivity index (χ3v) is 5.79. The van der Waals surface area contributed by atoms with Crippen LogP contribution in [0.25, 0.3) is 11.0 Å². The number of para-hydroxylation sites is 2. The second-order valence-electron chi connectivity index (χ2n) is 8.15. The predicted molar refractivity (Wildman–Crippen MR) is 127 cm³/mol. The second-order valence-corrected chi connectivity index (χ2v) is 8.15. The van der Waals surface area contributed by atoms with E-state index in [1.807, 2.05) is 24.3 Å². The fourth-order valence-electron chi connectivity index (χ4n) is 4.18. The highest BCUT2D eigenvalue weighted by Crippen LogP contribution is 2.33. The molecule has 1 fully saturated rings. The minimum Gasteiger partial charge on any atom is -0.400 e. The Morgan fingerprint density at radius 2 is 2.00 bits per heavy atom. The van der Waals surface area contributed by atoms with Crippen molar-refractivity contribution in [2.75, 3.05) is 11.4 Å². The van der Waals surface area contributed by atoms with E-state index < -0.39 is 16.7 Å². The normalized spacial score (nSPS) is 15.8. The van der Waals surface area contributed by atoms with Gasteiger partial charge in [-0.15, -0.1) is 0 Å². The first-order chi connectivity index (χ1) is 17.4. The number of nitrogens with zero attached hydrogens (tertiary/aromatic N) is 5. The Balaban J connectivity index is 1.35. The molecule has 0 aliphatic carbocycles. The number of benzene rings is 2. The number of furan rings is 1. The molecule has 182 valence electrons. The molecule has 36 heavy (non-hydrogen) atoms. The van der Waals surface area contributed by atoms with Gasteiger partial charge in [-0.05, 0) is 42.5 Å². The molecule has 5 rings (SSSR count). The third-order valence-electron chi connectivity index (χ3n) is 5.79. The minimum atomic E-state index is -0.674. The van der Waals surface area contributed by atoms with Gasteiger partial charge in [0, 0.05) is 24.6 Å². The summed E-state index contributed by atoms with van der Waals surface area (Å²) in [7, 11) is 0. The number of fused-ring (bicyclic) bond motifs is 1. The van der Waals surface area contributed by atoms with Crippen molar-refractivity contribution in [3.8, 4) is 0 Å². The number of nitro groups is 1. The number of nitrogens with one attached hydrogen (secondary N) is 1. The molecule has 4 aromatic rings. The fourth-order valence-corrected chi connectivity index (χ4v) is 4.18. The smallest absolute Gasteiger partial charge is 0.400 e. The molecule has 1 saturated heterocycles. The van der Waals surface area contributed by atoms with Gasteiger partial charge < -0.3 is 13.9 Å². The Labute approximate surface area is 203 Å². The number of carbonyl (C=O) groups is 2. The fraction of sp³-hybridized carbons (Fsp3) is 0.167. The number of hydrogen-bond acceptors (Lipinski definition) is 7. The highest BCUT2D eigenvalue weighted by molar-refractivity contribution is 5.96. The van der Waals surface area contributed by atoms with Crippen LogP contribution in [-0.4, -0.2) is 39.0 Å². The van der Waals surface area contributed by atoms with Crippen molar-refractivity contribution >= 4 is 40.6 Å². The van der Waals surface area contributed by atoms with E-state index >= 15 is 0 Å². The van der Waals surface area contributed by atoms with Gasteiger partial charge in [0.2, 0.25) is 5.91 Å². The lowest BCUT2D eigenvalue weighted by molar-refractivity contribution is -0.402. The van der Waals surface area contributed by atoms with Crippen LogP contribution in [0.4, 0.5) is 16.0 Å². The monoisotopic (exact) mass is 490 g/mol. The molecule has 2 aromatic carbocycles. The maximum atomic E-state index is 13.3. The summed E-state index contributed by atoms with van der Waals surface area (Å²) in [5, 5.41) is 14.5. The van der Waals surface area contributed by atoms with Gasteiger partial charge >= 0.3 is 5.88 Å². The number of rotatable bonds is 7. The zero-order valence-electron chi connectivity index (χ0n) is 18.7. The first-order valence-electron chi connectivity index (χ1n) is 11.0. The van der Waals surface area contributed by atoms with Crippen molar-refractivity contribution < 1.29 is 23.3 Å². The Bertz CT molecular complexity index is 1490. The van der Waals surface area contributed by atoms with Crippen LogP contribution in [0.2, 0.25) is 0 Å². The summed E-state index contributed by atoms with van der Waals surface area (Å²) < 4.78 is 20.0. The summed E-state index contributed by atoms with van der Waals surface area (Å²) >= 11 is 0. The average molecular weight is 490 g/mol. The maximum absolute atomic E-state index is 13.3. The molecule has 11 nitrogen and oxygen atoms in total. The number of aromatic nitrogens is 2. The molecule has 12 heteroatoms.